The van der Waals surface area contributed by atoms with Crippen LogP contribution in [0.2, 0.25) is 0 Å². The molecule has 1 unspecified atom stereocenters. The van der Waals surface area contributed by atoms with Crippen LogP contribution in [0.1, 0.15) is 26.5 Å². The Balaban J connectivity index is 1.84. The highest BCUT2D eigenvalue weighted by Crippen LogP contribution is 2.09. The van der Waals surface area contributed by atoms with Crippen LogP contribution in [0.15, 0.2) is 12.5 Å². The maximum absolute atomic E-state index is 5.87. The summed E-state index contributed by atoms with van der Waals surface area (Å²) in [6.07, 6.45) is 4.15. The van der Waals surface area contributed by atoms with Gasteiger partial charge in [0, 0.05) is 25.8 Å². The van der Waals surface area contributed by atoms with Gasteiger partial charge in [-0.2, -0.15) is 0 Å². The Morgan fingerprint density at radius 1 is 1.50 bits per heavy atom. The predicted molar refractivity (Wildman–Crippen MR) is 80.6 cm³/mol. The number of nitrogens with zero attached hydrogens (tertiary/aromatic N) is 3. The number of nitrogens with one attached hydrogen (secondary N) is 1. The summed E-state index contributed by atoms with van der Waals surface area (Å²) in [7, 11) is 0. The number of hydrogen-bond acceptors (Lipinski definition) is 4. The summed E-state index contributed by atoms with van der Waals surface area (Å²) in [5, 5.41) is 3.47. The quantitative estimate of drug-likeness (QED) is 0.819. The van der Waals surface area contributed by atoms with Gasteiger partial charge in [-0.3, -0.25) is 4.90 Å². The summed E-state index contributed by atoms with van der Waals surface area (Å²) < 4.78 is 8.09. The van der Waals surface area contributed by atoms with Crippen molar-refractivity contribution >= 4 is 0 Å². The van der Waals surface area contributed by atoms with E-state index in [1.807, 2.05) is 12.5 Å². The van der Waals surface area contributed by atoms with Gasteiger partial charge in [0.1, 0.15) is 0 Å². The van der Waals surface area contributed by atoms with Crippen molar-refractivity contribution in [3.8, 4) is 0 Å². The Kier molecular flexibility index (Phi) is 6.01. The van der Waals surface area contributed by atoms with Crippen LogP contribution in [-0.2, 0) is 17.8 Å². The summed E-state index contributed by atoms with van der Waals surface area (Å²) in [6, 6.07) is 0. The van der Waals surface area contributed by atoms with Gasteiger partial charge in [0.05, 0.1) is 31.3 Å². The number of likely N-dealkylation sites (N-methyl/N-ethyl adjacent to an activating group) is 1. The molecule has 5 nitrogen and oxygen atoms in total. The maximum Gasteiger partial charge on any atom is 0.0949 e. The molecular formula is C15H28N4O. The van der Waals surface area contributed by atoms with Crippen LogP contribution in [0.3, 0.4) is 0 Å². The van der Waals surface area contributed by atoms with E-state index in [0.717, 1.165) is 45.9 Å². The second-order valence-corrected chi connectivity index (χ2v) is 5.95. The first kappa shape index (κ1) is 15.5. The largest absolute Gasteiger partial charge is 0.374 e. The van der Waals surface area contributed by atoms with Crippen molar-refractivity contribution in [1.29, 1.82) is 0 Å². The van der Waals surface area contributed by atoms with E-state index in [0.29, 0.717) is 5.92 Å². The van der Waals surface area contributed by atoms with Crippen LogP contribution >= 0.6 is 0 Å². The highest BCUT2D eigenvalue weighted by atomic mass is 16.5. The van der Waals surface area contributed by atoms with Crippen LogP contribution in [0, 0.1) is 5.92 Å². The van der Waals surface area contributed by atoms with E-state index < -0.39 is 0 Å². The first-order valence-corrected chi connectivity index (χ1v) is 7.72. The highest BCUT2D eigenvalue weighted by Gasteiger charge is 2.20. The van der Waals surface area contributed by atoms with E-state index >= 15 is 0 Å². The summed E-state index contributed by atoms with van der Waals surface area (Å²) in [5.74, 6) is 0.672. The topological polar surface area (TPSA) is 42.3 Å². The molecule has 1 atom stereocenters. The van der Waals surface area contributed by atoms with Crippen LogP contribution in [-0.4, -0.2) is 53.3 Å². The standard InChI is InChI=1S/C15H28N4O/c1-4-18-5-6-20-15(10-18)11-19-12-17-9-14(19)8-16-7-13(2)3/h9,12-13,15-16H,4-8,10-11H2,1-3H3. The molecular weight excluding hydrogens is 252 g/mol. The third-order valence-corrected chi connectivity index (χ3v) is 3.73. The van der Waals surface area contributed by atoms with E-state index in [9.17, 15) is 0 Å². The molecule has 0 aliphatic carbocycles. The van der Waals surface area contributed by atoms with Crippen molar-refractivity contribution in [3.63, 3.8) is 0 Å². The lowest BCUT2D eigenvalue weighted by Gasteiger charge is -2.32. The van der Waals surface area contributed by atoms with Gasteiger partial charge in [-0.1, -0.05) is 20.8 Å². The van der Waals surface area contributed by atoms with Gasteiger partial charge in [0.2, 0.25) is 0 Å². The summed E-state index contributed by atoms with van der Waals surface area (Å²) in [4.78, 5) is 6.72. The van der Waals surface area contributed by atoms with Gasteiger partial charge < -0.3 is 14.6 Å². The number of rotatable bonds is 7. The maximum atomic E-state index is 5.87. The molecule has 1 aliphatic rings. The first-order chi connectivity index (χ1) is 9.69. The van der Waals surface area contributed by atoms with Crippen LogP contribution in [0.5, 0.6) is 0 Å². The Morgan fingerprint density at radius 2 is 2.35 bits per heavy atom. The minimum Gasteiger partial charge on any atom is -0.374 e. The van der Waals surface area contributed by atoms with Crippen molar-refractivity contribution in [2.75, 3.05) is 32.8 Å². The smallest absolute Gasteiger partial charge is 0.0949 e. The molecule has 1 aliphatic heterocycles. The summed E-state index contributed by atoms with van der Waals surface area (Å²) in [6.45, 7) is 13.5. The molecule has 1 N–H and O–H groups in total. The molecule has 1 fully saturated rings. The van der Waals surface area contributed by atoms with Crippen molar-refractivity contribution in [3.05, 3.63) is 18.2 Å². The Hall–Kier alpha value is -0.910. The van der Waals surface area contributed by atoms with Gasteiger partial charge in [0.15, 0.2) is 0 Å². The van der Waals surface area contributed by atoms with Gasteiger partial charge >= 0.3 is 0 Å². The monoisotopic (exact) mass is 280 g/mol. The van der Waals surface area contributed by atoms with Gasteiger partial charge in [0.25, 0.3) is 0 Å². The second-order valence-electron chi connectivity index (χ2n) is 5.95. The lowest BCUT2D eigenvalue weighted by atomic mass is 10.2. The number of ether oxygens (including phenoxy) is 1. The van der Waals surface area contributed by atoms with Gasteiger partial charge in [-0.05, 0) is 19.0 Å². The predicted octanol–water partition coefficient (Wildman–Crippen LogP) is 1.35. The minimum atomic E-state index is 0.279. The number of aromatic nitrogens is 2. The van der Waals surface area contributed by atoms with Crippen LogP contribution in [0.25, 0.3) is 0 Å². The van der Waals surface area contributed by atoms with E-state index in [1.54, 1.807) is 0 Å². The minimum absolute atomic E-state index is 0.279. The molecule has 20 heavy (non-hydrogen) atoms. The van der Waals surface area contributed by atoms with E-state index in [2.05, 4.69) is 40.5 Å². The summed E-state index contributed by atoms with van der Waals surface area (Å²) in [5.41, 5.74) is 1.24. The van der Waals surface area contributed by atoms with E-state index in [1.165, 1.54) is 5.69 Å². The molecule has 0 aromatic carbocycles. The second kappa shape index (κ2) is 7.76. The SMILES string of the molecule is CCN1CCOC(Cn2cncc2CNCC(C)C)C1. The van der Waals surface area contributed by atoms with Crippen molar-refractivity contribution in [2.45, 2.75) is 40.0 Å². The van der Waals surface area contributed by atoms with E-state index in [4.69, 9.17) is 4.74 Å². The lowest BCUT2D eigenvalue weighted by molar-refractivity contribution is -0.0346. The molecule has 1 aromatic rings. The normalized spacial score (nSPS) is 20.7. The zero-order chi connectivity index (χ0) is 14.4. The molecule has 5 heteroatoms. The fourth-order valence-electron chi connectivity index (χ4n) is 2.55. The van der Waals surface area contributed by atoms with E-state index in [-0.39, 0.29) is 6.10 Å². The molecule has 0 saturated carbocycles. The Labute approximate surface area is 122 Å². The molecule has 0 amide bonds. The average Bonchev–Trinajstić information content (AvgIpc) is 2.86. The fraction of sp³-hybridized carbons (Fsp3) is 0.800. The van der Waals surface area contributed by atoms with Crippen LogP contribution < -0.4 is 5.32 Å². The zero-order valence-corrected chi connectivity index (χ0v) is 13.0. The van der Waals surface area contributed by atoms with Crippen molar-refractivity contribution in [1.82, 2.24) is 19.8 Å². The van der Waals surface area contributed by atoms with Crippen LogP contribution in [0.4, 0.5) is 0 Å². The summed E-state index contributed by atoms with van der Waals surface area (Å²) >= 11 is 0. The average molecular weight is 280 g/mol. The number of hydrogen-bond donors (Lipinski definition) is 1. The number of morpholine rings is 1. The molecule has 2 rings (SSSR count). The molecule has 0 bridgehead atoms. The molecule has 0 spiro atoms. The first-order valence-electron chi connectivity index (χ1n) is 7.72. The number of imidazole rings is 1. The molecule has 1 aromatic heterocycles. The molecule has 2 heterocycles. The molecule has 1 saturated heterocycles. The van der Waals surface area contributed by atoms with Gasteiger partial charge in [-0.25, -0.2) is 4.98 Å². The van der Waals surface area contributed by atoms with Gasteiger partial charge in [-0.15, -0.1) is 0 Å². The Bertz CT molecular complexity index is 391. The Morgan fingerprint density at radius 3 is 3.10 bits per heavy atom. The van der Waals surface area contributed by atoms with Crippen molar-refractivity contribution in [2.24, 2.45) is 5.92 Å². The highest BCUT2D eigenvalue weighted by molar-refractivity contribution is 4.98. The zero-order valence-electron chi connectivity index (χ0n) is 13.0. The third-order valence-electron chi connectivity index (χ3n) is 3.73. The third kappa shape index (κ3) is 4.58. The fourth-order valence-corrected chi connectivity index (χ4v) is 2.55. The van der Waals surface area contributed by atoms with Crippen molar-refractivity contribution < 1.29 is 4.74 Å². The molecule has 114 valence electrons. The molecule has 0 radical (unpaired) electrons. The lowest BCUT2D eigenvalue weighted by Crippen LogP contribution is -2.44.